The number of aryl methyl sites for hydroxylation is 1. The molecule has 1 atom stereocenters. The van der Waals surface area contributed by atoms with Crippen molar-refractivity contribution in [1.82, 2.24) is 15.1 Å². The van der Waals surface area contributed by atoms with Crippen molar-refractivity contribution in [3.63, 3.8) is 0 Å². The highest BCUT2D eigenvalue weighted by atomic mass is 15.3. The minimum Gasteiger partial charge on any atom is -0.316 e. The molecule has 1 N–H and O–H groups in total. The molecule has 0 aliphatic heterocycles. The maximum Gasteiger partial charge on any atom is 0.0631 e. The van der Waals surface area contributed by atoms with Crippen LogP contribution in [0.15, 0.2) is 0 Å². The fourth-order valence-corrected chi connectivity index (χ4v) is 2.98. The van der Waals surface area contributed by atoms with Gasteiger partial charge in [0.15, 0.2) is 0 Å². The van der Waals surface area contributed by atoms with Crippen LogP contribution in [0, 0.1) is 13.8 Å². The van der Waals surface area contributed by atoms with E-state index in [0.29, 0.717) is 12.0 Å². The zero-order chi connectivity index (χ0) is 14.4. The fourth-order valence-electron chi connectivity index (χ4n) is 2.98. The minimum atomic E-state index is 0.537. The lowest BCUT2D eigenvalue weighted by Crippen LogP contribution is -2.21. The lowest BCUT2D eigenvalue weighted by Gasteiger charge is -2.17. The Morgan fingerprint density at radius 3 is 2.32 bits per heavy atom. The zero-order valence-corrected chi connectivity index (χ0v) is 13.6. The molecule has 0 radical (unpaired) electrons. The van der Waals surface area contributed by atoms with Crippen LogP contribution in [-0.4, -0.2) is 22.9 Å². The van der Waals surface area contributed by atoms with Gasteiger partial charge in [0.05, 0.1) is 11.7 Å². The van der Waals surface area contributed by atoms with Gasteiger partial charge >= 0.3 is 0 Å². The van der Waals surface area contributed by atoms with E-state index < -0.39 is 0 Å². The van der Waals surface area contributed by atoms with Crippen molar-refractivity contribution >= 4 is 0 Å². The Bertz CT molecular complexity index is 378. The second kappa shape index (κ2) is 7.68. The van der Waals surface area contributed by atoms with Gasteiger partial charge in [-0.2, -0.15) is 5.10 Å². The first-order valence-electron chi connectivity index (χ1n) is 7.82. The van der Waals surface area contributed by atoms with Crippen LogP contribution >= 0.6 is 0 Å². The molecule has 1 aromatic heterocycles. The van der Waals surface area contributed by atoms with Gasteiger partial charge < -0.3 is 5.32 Å². The number of hydrogen-bond donors (Lipinski definition) is 1. The van der Waals surface area contributed by atoms with Crippen molar-refractivity contribution in [2.24, 2.45) is 0 Å². The molecule has 0 bridgehead atoms. The molecule has 1 heterocycles. The van der Waals surface area contributed by atoms with E-state index in [1.54, 1.807) is 0 Å². The molecule has 110 valence electrons. The van der Waals surface area contributed by atoms with Crippen LogP contribution in [0.4, 0.5) is 0 Å². The van der Waals surface area contributed by atoms with Crippen molar-refractivity contribution in [2.75, 3.05) is 13.1 Å². The Kier molecular flexibility index (Phi) is 6.56. The molecule has 1 rings (SSSR count). The van der Waals surface area contributed by atoms with E-state index in [9.17, 15) is 0 Å². The molecule has 0 fully saturated rings. The second-order valence-corrected chi connectivity index (χ2v) is 5.60. The normalized spacial score (nSPS) is 13.2. The van der Waals surface area contributed by atoms with Crippen molar-refractivity contribution in [2.45, 2.75) is 72.8 Å². The molecular weight excluding hydrogens is 234 g/mol. The highest BCUT2D eigenvalue weighted by molar-refractivity contribution is 5.29. The zero-order valence-electron chi connectivity index (χ0n) is 13.6. The number of nitrogens with one attached hydrogen (secondary N) is 1. The highest BCUT2D eigenvalue weighted by Crippen LogP contribution is 2.27. The third-order valence-electron chi connectivity index (χ3n) is 4.04. The molecule has 1 aromatic rings. The minimum absolute atomic E-state index is 0.537. The van der Waals surface area contributed by atoms with Crippen LogP contribution in [0.5, 0.6) is 0 Å². The van der Waals surface area contributed by atoms with Crippen molar-refractivity contribution in [1.29, 1.82) is 0 Å². The van der Waals surface area contributed by atoms with E-state index >= 15 is 0 Å². The Morgan fingerprint density at radius 1 is 1.16 bits per heavy atom. The SMILES string of the molecule is CCCNCC(C)c1c(C)nn(C(CC)CC)c1C. The maximum atomic E-state index is 4.79. The van der Waals surface area contributed by atoms with Crippen LogP contribution < -0.4 is 5.32 Å². The topological polar surface area (TPSA) is 29.9 Å². The lowest BCUT2D eigenvalue weighted by atomic mass is 9.99. The van der Waals surface area contributed by atoms with Gasteiger partial charge in [0, 0.05) is 17.8 Å². The van der Waals surface area contributed by atoms with Gasteiger partial charge in [0.2, 0.25) is 0 Å². The predicted octanol–water partition coefficient (Wildman–Crippen LogP) is 3.96. The second-order valence-electron chi connectivity index (χ2n) is 5.60. The van der Waals surface area contributed by atoms with Gasteiger partial charge in [-0.1, -0.05) is 27.7 Å². The quantitative estimate of drug-likeness (QED) is 0.721. The molecule has 3 heteroatoms. The highest BCUT2D eigenvalue weighted by Gasteiger charge is 2.20. The van der Waals surface area contributed by atoms with Crippen LogP contribution in [0.1, 0.15) is 75.9 Å². The van der Waals surface area contributed by atoms with Crippen molar-refractivity contribution in [3.8, 4) is 0 Å². The lowest BCUT2D eigenvalue weighted by molar-refractivity contribution is 0.417. The van der Waals surface area contributed by atoms with Crippen molar-refractivity contribution in [3.05, 3.63) is 17.0 Å². The number of rotatable bonds is 8. The average Bonchev–Trinajstić information content (AvgIpc) is 2.67. The first kappa shape index (κ1) is 16.2. The standard InChI is InChI=1S/C16H31N3/c1-7-10-17-11-12(4)16-13(5)18-19(14(16)6)15(8-2)9-3/h12,15,17H,7-11H2,1-6H3. The summed E-state index contributed by atoms with van der Waals surface area (Å²) in [6.07, 6.45) is 3.50. The molecule has 0 aromatic carbocycles. The first-order valence-corrected chi connectivity index (χ1v) is 7.82. The monoisotopic (exact) mass is 265 g/mol. The smallest absolute Gasteiger partial charge is 0.0631 e. The summed E-state index contributed by atoms with van der Waals surface area (Å²) in [5, 5.41) is 8.31. The Balaban J connectivity index is 2.89. The van der Waals surface area contributed by atoms with Gasteiger partial charge in [-0.3, -0.25) is 4.68 Å². The summed E-state index contributed by atoms with van der Waals surface area (Å²) >= 11 is 0. The number of nitrogens with zero attached hydrogens (tertiary/aromatic N) is 2. The van der Waals surface area contributed by atoms with E-state index in [0.717, 1.165) is 25.9 Å². The summed E-state index contributed by atoms with van der Waals surface area (Å²) < 4.78 is 2.25. The van der Waals surface area contributed by atoms with Crippen molar-refractivity contribution < 1.29 is 0 Å². The predicted molar refractivity (Wildman–Crippen MR) is 82.9 cm³/mol. The van der Waals surface area contributed by atoms with Crippen LogP contribution in [0.2, 0.25) is 0 Å². The summed E-state index contributed by atoms with van der Waals surface area (Å²) in [6, 6.07) is 0.545. The van der Waals surface area contributed by atoms with Gasteiger partial charge in [-0.25, -0.2) is 0 Å². The molecule has 0 spiro atoms. The molecule has 0 aliphatic carbocycles. The van der Waals surface area contributed by atoms with E-state index in [2.05, 4.69) is 51.5 Å². The van der Waals surface area contributed by atoms with E-state index in [-0.39, 0.29) is 0 Å². The summed E-state index contributed by atoms with van der Waals surface area (Å²) in [6.45, 7) is 15.5. The Hall–Kier alpha value is -0.830. The van der Waals surface area contributed by atoms with Gasteiger partial charge in [0.25, 0.3) is 0 Å². The molecule has 0 saturated carbocycles. The van der Waals surface area contributed by atoms with E-state index in [4.69, 9.17) is 5.10 Å². The van der Waals surface area contributed by atoms with E-state index in [1.165, 1.54) is 23.4 Å². The molecule has 0 amide bonds. The molecule has 0 aliphatic rings. The average molecular weight is 265 g/mol. The molecule has 1 unspecified atom stereocenters. The Morgan fingerprint density at radius 2 is 1.79 bits per heavy atom. The van der Waals surface area contributed by atoms with Gasteiger partial charge in [0.1, 0.15) is 0 Å². The summed E-state index contributed by atoms with van der Waals surface area (Å²) in [5.74, 6) is 0.537. The summed E-state index contributed by atoms with van der Waals surface area (Å²) in [4.78, 5) is 0. The fraction of sp³-hybridized carbons (Fsp3) is 0.812. The molecule has 3 nitrogen and oxygen atoms in total. The van der Waals surface area contributed by atoms with Gasteiger partial charge in [-0.05, 0) is 45.6 Å². The largest absolute Gasteiger partial charge is 0.316 e. The molecule has 19 heavy (non-hydrogen) atoms. The Labute approximate surface area is 118 Å². The van der Waals surface area contributed by atoms with Crippen LogP contribution in [-0.2, 0) is 0 Å². The van der Waals surface area contributed by atoms with Crippen LogP contribution in [0.25, 0.3) is 0 Å². The summed E-state index contributed by atoms with van der Waals surface area (Å²) in [7, 11) is 0. The third kappa shape index (κ3) is 3.82. The maximum absolute atomic E-state index is 4.79. The summed E-state index contributed by atoms with van der Waals surface area (Å²) in [5.41, 5.74) is 4.00. The first-order chi connectivity index (χ1) is 9.06. The van der Waals surface area contributed by atoms with Gasteiger partial charge in [-0.15, -0.1) is 0 Å². The van der Waals surface area contributed by atoms with E-state index in [1.807, 2.05) is 0 Å². The number of hydrogen-bond acceptors (Lipinski definition) is 2. The molecular formula is C16H31N3. The third-order valence-corrected chi connectivity index (χ3v) is 4.04. The molecule has 0 saturated heterocycles. The number of aromatic nitrogens is 2. The van der Waals surface area contributed by atoms with Crippen LogP contribution in [0.3, 0.4) is 0 Å².